The smallest absolute Gasteiger partial charge is 0.363 e. The molecular formula is C32H49N2O8S2-. The number of allylic oxidation sites excluding steroid dienone is 2. The van der Waals surface area contributed by atoms with Crippen LogP contribution in [0.3, 0.4) is 0 Å². The van der Waals surface area contributed by atoms with Gasteiger partial charge in [-0.1, -0.05) is 44.9 Å². The second kappa shape index (κ2) is 13.2. The van der Waals surface area contributed by atoms with Crippen molar-refractivity contribution in [2.75, 3.05) is 24.6 Å². The Kier molecular flexibility index (Phi) is 9.72. The fourth-order valence-electron chi connectivity index (χ4n) is 9.37. The zero-order valence-corrected chi connectivity index (χ0v) is 27.6. The van der Waals surface area contributed by atoms with Crippen LogP contribution in [-0.4, -0.2) is 90.2 Å². The summed E-state index contributed by atoms with van der Waals surface area (Å²) < 4.78 is 83.6. The minimum atomic E-state index is -4.29. The lowest BCUT2D eigenvalue weighted by atomic mass is 9.68. The van der Waals surface area contributed by atoms with E-state index in [-0.39, 0.29) is 48.6 Å². The summed E-state index contributed by atoms with van der Waals surface area (Å²) in [6.07, 6.45) is 18.7. The van der Waals surface area contributed by atoms with Gasteiger partial charge in [-0.2, -0.15) is 4.58 Å². The van der Waals surface area contributed by atoms with Gasteiger partial charge in [0.15, 0.2) is 18.0 Å². The monoisotopic (exact) mass is 653 g/mol. The molecule has 0 N–H and O–H groups in total. The van der Waals surface area contributed by atoms with Gasteiger partial charge in [-0.25, -0.2) is 16.8 Å². The molecule has 0 amide bonds. The first kappa shape index (κ1) is 32.3. The maximum Gasteiger partial charge on any atom is 0.363 e. The summed E-state index contributed by atoms with van der Waals surface area (Å²) in [5, 5.41) is 0. The number of rotatable bonds is 10. The van der Waals surface area contributed by atoms with Crippen molar-refractivity contribution in [1.29, 1.82) is 0 Å². The number of nitrogens with zero attached hydrogens (tertiary/aromatic N) is 2. The van der Waals surface area contributed by atoms with Crippen LogP contribution in [0, 0.1) is 23.7 Å². The Hall–Kier alpha value is -1.63. The topological polar surface area (TPSA) is 139 Å². The van der Waals surface area contributed by atoms with E-state index < -0.39 is 20.2 Å². The molecule has 6 aliphatic rings. The van der Waals surface area contributed by atoms with Crippen molar-refractivity contribution in [3.05, 3.63) is 23.6 Å². The van der Waals surface area contributed by atoms with Gasteiger partial charge in [0.25, 0.3) is 0 Å². The predicted molar refractivity (Wildman–Crippen MR) is 164 cm³/mol. The Labute approximate surface area is 263 Å². The van der Waals surface area contributed by atoms with Gasteiger partial charge in [0.1, 0.15) is 12.6 Å². The molecule has 8 atom stereocenters. The summed E-state index contributed by atoms with van der Waals surface area (Å²) in [7, 11) is -8.59. The average Bonchev–Trinajstić information content (AvgIpc) is 3.45. The molecule has 0 bridgehead atoms. The normalized spacial score (nSPS) is 36.8. The maximum atomic E-state index is 11.4. The van der Waals surface area contributed by atoms with Crippen molar-refractivity contribution >= 4 is 26.1 Å². The SMILES string of the molecule is CC(=CC1=[N+](CCCS(=O)(=O)[O-])C2CC3CCCCC3CC2O1)C=C1OC2CC3CCCCC3CC2N1CCCS(=O)(=O)[O-]. The molecule has 4 saturated carbocycles. The number of fused-ring (bicyclic) bond motifs is 4. The second-order valence-electron chi connectivity index (χ2n) is 14.3. The largest absolute Gasteiger partial charge is 0.748 e. The Balaban J connectivity index is 1.24. The first-order chi connectivity index (χ1) is 20.9. The van der Waals surface area contributed by atoms with Crippen LogP contribution in [0.5, 0.6) is 0 Å². The van der Waals surface area contributed by atoms with E-state index in [4.69, 9.17) is 9.47 Å². The first-order valence-corrected chi connectivity index (χ1v) is 20.1. The minimum Gasteiger partial charge on any atom is -0.748 e. The summed E-state index contributed by atoms with van der Waals surface area (Å²) >= 11 is 0. The molecule has 12 heteroatoms. The highest BCUT2D eigenvalue weighted by molar-refractivity contribution is 7.85. The molecule has 0 radical (unpaired) electrons. The van der Waals surface area contributed by atoms with Crippen LogP contribution >= 0.6 is 0 Å². The van der Waals surface area contributed by atoms with E-state index in [0.717, 1.165) is 43.0 Å². The lowest BCUT2D eigenvalue weighted by Crippen LogP contribution is -2.44. The molecule has 10 nitrogen and oxygen atoms in total. The van der Waals surface area contributed by atoms with Gasteiger partial charge >= 0.3 is 5.90 Å². The Morgan fingerprint density at radius 3 is 2.02 bits per heavy atom. The van der Waals surface area contributed by atoms with Crippen LogP contribution in [0.1, 0.15) is 96.8 Å². The van der Waals surface area contributed by atoms with Crippen molar-refractivity contribution in [2.24, 2.45) is 23.7 Å². The molecule has 0 spiro atoms. The van der Waals surface area contributed by atoms with E-state index >= 15 is 0 Å². The van der Waals surface area contributed by atoms with Crippen molar-refractivity contribution in [2.45, 2.75) is 121 Å². The van der Waals surface area contributed by atoms with Crippen molar-refractivity contribution in [1.82, 2.24) is 4.90 Å². The van der Waals surface area contributed by atoms with Crippen molar-refractivity contribution in [3.8, 4) is 0 Å². The fraction of sp³-hybridized carbons (Fsp3) is 0.844. The quantitative estimate of drug-likeness (QED) is 0.252. The van der Waals surface area contributed by atoms with Crippen LogP contribution in [0.2, 0.25) is 0 Å². The molecule has 0 aromatic carbocycles. The Morgan fingerprint density at radius 1 is 0.818 bits per heavy atom. The third-order valence-corrected chi connectivity index (χ3v) is 12.9. The number of hydrogen-bond acceptors (Lipinski definition) is 9. The van der Waals surface area contributed by atoms with Gasteiger partial charge in [-0.05, 0) is 68.3 Å². The molecule has 8 unspecified atom stereocenters. The van der Waals surface area contributed by atoms with Crippen LogP contribution < -0.4 is 0 Å². The van der Waals surface area contributed by atoms with E-state index in [1.165, 1.54) is 51.4 Å². The van der Waals surface area contributed by atoms with Crippen LogP contribution in [0.25, 0.3) is 0 Å². The van der Waals surface area contributed by atoms with Gasteiger partial charge in [0.05, 0.1) is 32.4 Å². The molecule has 6 rings (SSSR count). The predicted octanol–water partition coefficient (Wildman–Crippen LogP) is 4.09. The van der Waals surface area contributed by atoms with Gasteiger partial charge < -0.3 is 23.5 Å². The lowest BCUT2D eigenvalue weighted by molar-refractivity contribution is -0.564. The van der Waals surface area contributed by atoms with E-state index in [1.807, 2.05) is 19.1 Å². The highest BCUT2D eigenvalue weighted by atomic mass is 32.2. The standard InChI is InChI=1S/C32H50N2O8S2/c1-22(16-31-33(12-6-14-43(35,36)37)27-18-23-8-2-4-10-25(23)20-29(27)41-31)17-32-34(13-7-15-44(38,39)40)28-19-24-9-3-5-11-26(24)21-30(28)42-32/h16-17,23-30H,2-15,18-21H2,1H3,(H-,35,36,37,38,39,40)/p-1. The fourth-order valence-corrected chi connectivity index (χ4v) is 10.3. The van der Waals surface area contributed by atoms with E-state index in [1.54, 1.807) is 0 Å². The molecule has 1 saturated heterocycles. The van der Waals surface area contributed by atoms with Gasteiger partial charge in [0.2, 0.25) is 0 Å². The molecular weight excluding hydrogens is 604 g/mol. The maximum absolute atomic E-state index is 11.4. The molecule has 2 heterocycles. The van der Waals surface area contributed by atoms with Gasteiger partial charge in [0, 0.05) is 37.0 Å². The van der Waals surface area contributed by atoms with Crippen LogP contribution in [0.15, 0.2) is 23.6 Å². The molecule has 44 heavy (non-hydrogen) atoms. The van der Waals surface area contributed by atoms with E-state index in [9.17, 15) is 25.9 Å². The average molecular weight is 654 g/mol. The second-order valence-corrected chi connectivity index (χ2v) is 17.4. The van der Waals surface area contributed by atoms with Gasteiger partial charge in [-0.3, -0.25) is 0 Å². The van der Waals surface area contributed by atoms with E-state index in [2.05, 4.69) is 9.48 Å². The minimum absolute atomic E-state index is 0.0596. The zero-order chi connectivity index (χ0) is 31.1. The summed E-state index contributed by atoms with van der Waals surface area (Å²) in [6, 6.07) is 0.352. The van der Waals surface area contributed by atoms with Crippen molar-refractivity contribution < 1.29 is 40.0 Å². The summed E-state index contributed by atoms with van der Waals surface area (Å²) in [5.41, 5.74) is 0.921. The molecule has 0 aromatic heterocycles. The Morgan fingerprint density at radius 2 is 1.39 bits per heavy atom. The third kappa shape index (κ3) is 7.66. The van der Waals surface area contributed by atoms with Crippen LogP contribution in [0.4, 0.5) is 0 Å². The summed E-state index contributed by atoms with van der Waals surface area (Å²) in [5.74, 6) is 3.34. The molecule has 4 aliphatic carbocycles. The molecule has 248 valence electrons. The van der Waals surface area contributed by atoms with Gasteiger partial charge in [-0.15, -0.1) is 0 Å². The zero-order valence-electron chi connectivity index (χ0n) is 26.0. The van der Waals surface area contributed by atoms with E-state index in [0.29, 0.717) is 36.8 Å². The van der Waals surface area contributed by atoms with Crippen LogP contribution in [-0.2, 0) is 29.7 Å². The lowest BCUT2D eigenvalue weighted by Gasteiger charge is -2.42. The molecule has 0 aromatic rings. The van der Waals surface area contributed by atoms with Crippen molar-refractivity contribution in [3.63, 3.8) is 0 Å². The molecule has 5 fully saturated rings. The number of hydrogen-bond donors (Lipinski definition) is 0. The third-order valence-electron chi connectivity index (χ3n) is 11.3. The summed E-state index contributed by atoms with van der Waals surface area (Å²) in [4.78, 5) is 2.19. The summed E-state index contributed by atoms with van der Waals surface area (Å²) in [6.45, 7) is 2.90. The Bertz CT molecular complexity index is 1370. The highest BCUT2D eigenvalue weighted by Crippen LogP contribution is 2.47. The molecule has 2 aliphatic heterocycles. The highest BCUT2D eigenvalue weighted by Gasteiger charge is 2.50. The first-order valence-electron chi connectivity index (χ1n) is 16.9. The number of ether oxygens (including phenoxy) is 2.